The van der Waals surface area contributed by atoms with Crippen LogP contribution in [-0.4, -0.2) is 11.8 Å². The molecule has 0 bridgehead atoms. The van der Waals surface area contributed by atoms with Crippen LogP contribution in [-0.2, 0) is 6.54 Å². The minimum Gasteiger partial charge on any atom is -0.308 e. The first kappa shape index (κ1) is 12.9. The molecular weight excluding hydrogens is 226 g/mol. The van der Waals surface area contributed by atoms with Crippen molar-refractivity contribution in [2.45, 2.75) is 37.8 Å². The Labute approximate surface area is 102 Å². The van der Waals surface area contributed by atoms with Gasteiger partial charge in [0.2, 0.25) is 0 Å². The van der Waals surface area contributed by atoms with Crippen molar-refractivity contribution in [2.24, 2.45) is 0 Å². The highest BCUT2D eigenvalue weighted by atomic mass is 35.5. The molecule has 0 radical (unpaired) electrons. The topological polar surface area (TPSA) is 12.0 Å². The van der Waals surface area contributed by atoms with E-state index < -0.39 is 0 Å². The maximum atomic E-state index is 5.99. The largest absolute Gasteiger partial charge is 0.308 e. The second-order valence-corrected chi connectivity index (χ2v) is 5.84. The summed E-state index contributed by atoms with van der Waals surface area (Å²) in [6.45, 7) is 7.35. The van der Waals surface area contributed by atoms with Crippen LogP contribution in [0, 0.1) is 0 Å². The molecule has 0 unspecified atom stereocenters. The second kappa shape index (κ2) is 5.24. The lowest BCUT2D eigenvalue weighted by Crippen LogP contribution is -2.35. The van der Waals surface area contributed by atoms with Crippen LogP contribution in [0.2, 0.25) is 5.02 Å². The molecule has 0 saturated heterocycles. The first-order chi connectivity index (χ1) is 6.92. The van der Waals surface area contributed by atoms with Crippen LogP contribution in [0.5, 0.6) is 0 Å². The summed E-state index contributed by atoms with van der Waals surface area (Å²) in [6.07, 6.45) is 2.09. The van der Waals surface area contributed by atoms with E-state index in [-0.39, 0.29) is 5.54 Å². The van der Waals surface area contributed by atoms with Crippen LogP contribution in [0.15, 0.2) is 23.1 Å². The van der Waals surface area contributed by atoms with Gasteiger partial charge in [0.1, 0.15) is 0 Å². The Morgan fingerprint density at radius 3 is 2.53 bits per heavy atom. The van der Waals surface area contributed by atoms with Gasteiger partial charge in [-0.3, -0.25) is 0 Å². The van der Waals surface area contributed by atoms with Gasteiger partial charge < -0.3 is 5.32 Å². The molecule has 0 aliphatic carbocycles. The first-order valence-electron chi connectivity index (χ1n) is 5.00. The monoisotopic (exact) mass is 243 g/mol. The normalized spacial score (nSPS) is 11.8. The maximum absolute atomic E-state index is 5.99. The third-order valence-electron chi connectivity index (χ3n) is 2.05. The predicted molar refractivity (Wildman–Crippen MR) is 69.8 cm³/mol. The number of thioether (sulfide) groups is 1. The van der Waals surface area contributed by atoms with Crippen molar-refractivity contribution in [2.75, 3.05) is 6.26 Å². The molecule has 0 saturated carbocycles. The number of rotatable bonds is 3. The van der Waals surface area contributed by atoms with E-state index >= 15 is 0 Å². The van der Waals surface area contributed by atoms with Gasteiger partial charge in [-0.05, 0) is 50.8 Å². The fourth-order valence-corrected chi connectivity index (χ4v) is 2.04. The highest BCUT2D eigenvalue weighted by Gasteiger charge is 2.10. The zero-order valence-corrected chi connectivity index (χ0v) is 11.3. The van der Waals surface area contributed by atoms with Crippen molar-refractivity contribution in [3.05, 3.63) is 28.8 Å². The van der Waals surface area contributed by atoms with E-state index in [4.69, 9.17) is 11.6 Å². The van der Waals surface area contributed by atoms with Gasteiger partial charge in [0.05, 0.1) is 0 Å². The summed E-state index contributed by atoms with van der Waals surface area (Å²) in [7, 11) is 0. The van der Waals surface area contributed by atoms with Gasteiger partial charge in [0.15, 0.2) is 0 Å². The molecule has 3 heteroatoms. The molecule has 1 aromatic rings. The van der Waals surface area contributed by atoms with Crippen molar-refractivity contribution in [1.82, 2.24) is 5.32 Å². The van der Waals surface area contributed by atoms with Crippen molar-refractivity contribution >= 4 is 23.4 Å². The van der Waals surface area contributed by atoms with E-state index in [1.807, 2.05) is 12.1 Å². The smallest absolute Gasteiger partial charge is 0.0410 e. The van der Waals surface area contributed by atoms with Gasteiger partial charge in [0.25, 0.3) is 0 Å². The fourth-order valence-electron chi connectivity index (χ4n) is 1.25. The Morgan fingerprint density at radius 2 is 2.00 bits per heavy atom. The molecule has 1 nitrogen and oxygen atoms in total. The standard InChI is InChI=1S/C12H18ClNS/c1-12(2,3)14-8-9-7-10(13)5-6-11(9)15-4/h5-7,14H,8H2,1-4H3. The number of nitrogens with one attached hydrogen (secondary N) is 1. The van der Waals surface area contributed by atoms with E-state index in [2.05, 4.69) is 38.4 Å². The van der Waals surface area contributed by atoms with Crippen LogP contribution in [0.1, 0.15) is 26.3 Å². The number of halogens is 1. The van der Waals surface area contributed by atoms with E-state index in [1.165, 1.54) is 10.5 Å². The summed E-state index contributed by atoms with van der Waals surface area (Å²) in [4.78, 5) is 1.29. The molecular formula is C12H18ClNS. The summed E-state index contributed by atoms with van der Waals surface area (Å²) in [5.74, 6) is 0. The summed E-state index contributed by atoms with van der Waals surface area (Å²) < 4.78 is 0. The lowest BCUT2D eigenvalue weighted by molar-refractivity contribution is 0.422. The van der Waals surface area contributed by atoms with Gasteiger partial charge in [-0.2, -0.15) is 0 Å². The predicted octanol–water partition coefficient (Wildman–Crippen LogP) is 3.95. The van der Waals surface area contributed by atoms with Crippen molar-refractivity contribution in [3.8, 4) is 0 Å². The molecule has 0 heterocycles. The SMILES string of the molecule is CSc1ccc(Cl)cc1CNC(C)(C)C. The molecule has 0 fully saturated rings. The van der Waals surface area contributed by atoms with Crippen LogP contribution in [0.25, 0.3) is 0 Å². The Morgan fingerprint density at radius 1 is 1.33 bits per heavy atom. The van der Waals surface area contributed by atoms with Gasteiger partial charge in [-0.25, -0.2) is 0 Å². The van der Waals surface area contributed by atoms with Gasteiger partial charge >= 0.3 is 0 Å². The summed E-state index contributed by atoms with van der Waals surface area (Å²) in [5, 5.41) is 4.27. The molecule has 0 aromatic heterocycles. The second-order valence-electron chi connectivity index (χ2n) is 4.56. The maximum Gasteiger partial charge on any atom is 0.0410 e. The van der Waals surface area contributed by atoms with E-state index in [0.29, 0.717) is 0 Å². The highest BCUT2D eigenvalue weighted by molar-refractivity contribution is 7.98. The van der Waals surface area contributed by atoms with Crippen LogP contribution < -0.4 is 5.32 Å². The molecule has 0 aliphatic heterocycles. The average Bonchev–Trinajstić information content (AvgIpc) is 2.14. The molecule has 0 spiro atoms. The van der Waals surface area contributed by atoms with Crippen LogP contribution in [0.3, 0.4) is 0 Å². The quantitative estimate of drug-likeness (QED) is 0.807. The van der Waals surface area contributed by atoms with Gasteiger partial charge in [-0.1, -0.05) is 11.6 Å². The zero-order valence-electron chi connectivity index (χ0n) is 9.73. The zero-order chi connectivity index (χ0) is 11.5. The van der Waals surface area contributed by atoms with Gasteiger partial charge in [0, 0.05) is 22.0 Å². The Kier molecular flexibility index (Phi) is 4.50. The first-order valence-corrected chi connectivity index (χ1v) is 6.60. The molecule has 15 heavy (non-hydrogen) atoms. The van der Waals surface area contributed by atoms with E-state index in [0.717, 1.165) is 11.6 Å². The number of hydrogen-bond donors (Lipinski definition) is 1. The number of benzene rings is 1. The van der Waals surface area contributed by atoms with E-state index in [9.17, 15) is 0 Å². The van der Waals surface area contributed by atoms with Gasteiger partial charge in [-0.15, -0.1) is 11.8 Å². The molecule has 1 N–H and O–H groups in total. The Hall–Kier alpha value is -0.180. The van der Waals surface area contributed by atoms with E-state index in [1.54, 1.807) is 11.8 Å². The fraction of sp³-hybridized carbons (Fsp3) is 0.500. The Balaban J connectivity index is 2.79. The number of hydrogen-bond acceptors (Lipinski definition) is 2. The summed E-state index contributed by atoms with van der Waals surface area (Å²) in [5.41, 5.74) is 1.41. The molecule has 0 amide bonds. The lowest BCUT2D eigenvalue weighted by Gasteiger charge is -2.21. The summed E-state index contributed by atoms with van der Waals surface area (Å²) in [6, 6.07) is 6.05. The Bertz CT molecular complexity index is 331. The summed E-state index contributed by atoms with van der Waals surface area (Å²) >= 11 is 7.74. The molecule has 84 valence electrons. The van der Waals surface area contributed by atoms with Crippen LogP contribution >= 0.6 is 23.4 Å². The molecule has 1 rings (SSSR count). The van der Waals surface area contributed by atoms with Crippen LogP contribution in [0.4, 0.5) is 0 Å². The highest BCUT2D eigenvalue weighted by Crippen LogP contribution is 2.24. The third kappa shape index (κ3) is 4.45. The third-order valence-corrected chi connectivity index (χ3v) is 3.12. The average molecular weight is 244 g/mol. The van der Waals surface area contributed by atoms with Crippen molar-refractivity contribution in [3.63, 3.8) is 0 Å². The molecule has 0 aliphatic rings. The molecule has 0 atom stereocenters. The lowest BCUT2D eigenvalue weighted by atomic mass is 10.1. The van der Waals surface area contributed by atoms with Crippen molar-refractivity contribution in [1.29, 1.82) is 0 Å². The molecule has 1 aromatic carbocycles. The minimum atomic E-state index is 0.137. The minimum absolute atomic E-state index is 0.137. The van der Waals surface area contributed by atoms with Crippen molar-refractivity contribution < 1.29 is 0 Å².